The summed E-state index contributed by atoms with van der Waals surface area (Å²) < 4.78 is 0. The fourth-order valence-corrected chi connectivity index (χ4v) is 0.735. The maximum Gasteiger partial charge on any atom is 0.144 e. The first-order valence-corrected chi connectivity index (χ1v) is 3.72. The van der Waals surface area contributed by atoms with Crippen LogP contribution in [0.25, 0.3) is 0 Å². The number of nitrogens with two attached hydrogens (primary N) is 1. The van der Waals surface area contributed by atoms with Crippen LogP contribution in [0.4, 0.5) is 5.82 Å². The summed E-state index contributed by atoms with van der Waals surface area (Å²) in [5.74, 6) is 0.654. The third-order valence-electron chi connectivity index (χ3n) is 1.33. The molecule has 1 rings (SSSR count). The summed E-state index contributed by atoms with van der Waals surface area (Å²) in [6.45, 7) is 0.963. The zero-order chi connectivity index (χ0) is 8.81. The van der Waals surface area contributed by atoms with Crippen molar-refractivity contribution in [2.45, 2.75) is 6.54 Å². The van der Waals surface area contributed by atoms with Gasteiger partial charge in [-0.05, 0) is 0 Å². The van der Waals surface area contributed by atoms with E-state index in [0.717, 1.165) is 5.69 Å². The molecular weight excluding hydrogens is 156 g/mol. The second-order valence-corrected chi connectivity index (χ2v) is 2.25. The summed E-state index contributed by atoms with van der Waals surface area (Å²) in [6.07, 6.45) is 3.21. The molecule has 0 spiro atoms. The number of anilines is 1. The number of hydrogen-bond donors (Lipinski definition) is 3. The molecule has 0 amide bonds. The topological polar surface area (TPSA) is 84.1 Å². The van der Waals surface area contributed by atoms with Gasteiger partial charge in [-0.1, -0.05) is 0 Å². The maximum absolute atomic E-state index is 8.50. The number of aromatic nitrogens is 2. The third kappa shape index (κ3) is 2.44. The molecule has 1 aromatic heterocycles. The van der Waals surface area contributed by atoms with Crippen LogP contribution in [0.2, 0.25) is 0 Å². The van der Waals surface area contributed by atoms with E-state index in [1.807, 2.05) is 0 Å². The molecule has 5 heteroatoms. The molecule has 0 aliphatic carbocycles. The highest BCUT2D eigenvalue weighted by Gasteiger charge is 1.93. The van der Waals surface area contributed by atoms with Crippen LogP contribution in [0.5, 0.6) is 0 Å². The van der Waals surface area contributed by atoms with E-state index in [-0.39, 0.29) is 6.61 Å². The Hall–Kier alpha value is -1.20. The van der Waals surface area contributed by atoms with Crippen LogP contribution in [-0.4, -0.2) is 28.2 Å². The van der Waals surface area contributed by atoms with Crippen molar-refractivity contribution in [2.24, 2.45) is 5.73 Å². The van der Waals surface area contributed by atoms with Crippen molar-refractivity contribution in [1.29, 1.82) is 0 Å². The molecule has 0 atom stereocenters. The molecule has 4 N–H and O–H groups in total. The minimum atomic E-state index is 0.0837. The smallest absolute Gasteiger partial charge is 0.144 e. The molecule has 66 valence electrons. The number of hydrogen-bond acceptors (Lipinski definition) is 5. The number of nitrogens with one attached hydrogen (secondary N) is 1. The largest absolute Gasteiger partial charge is 0.395 e. The standard InChI is InChI=1S/C7H12N4O/c8-3-6-4-11-7(5-10-6)9-1-2-12/h4-5,12H,1-3,8H2,(H,9,11). The Balaban J connectivity index is 2.53. The minimum absolute atomic E-state index is 0.0837. The third-order valence-corrected chi connectivity index (χ3v) is 1.33. The first-order valence-electron chi connectivity index (χ1n) is 3.72. The average molecular weight is 168 g/mol. The van der Waals surface area contributed by atoms with E-state index in [0.29, 0.717) is 18.9 Å². The Bertz CT molecular complexity index is 223. The van der Waals surface area contributed by atoms with Crippen LogP contribution in [-0.2, 0) is 6.54 Å². The van der Waals surface area contributed by atoms with Crippen molar-refractivity contribution < 1.29 is 5.11 Å². The van der Waals surface area contributed by atoms with Crippen LogP contribution < -0.4 is 11.1 Å². The lowest BCUT2D eigenvalue weighted by Crippen LogP contribution is -2.08. The van der Waals surface area contributed by atoms with Gasteiger partial charge in [0.2, 0.25) is 0 Å². The summed E-state index contributed by atoms with van der Waals surface area (Å²) in [5, 5.41) is 11.4. The van der Waals surface area contributed by atoms with Crippen molar-refractivity contribution in [3.05, 3.63) is 18.1 Å². The number of aliphatic hydroxyl groups is 1. The van der Waals surface area contributed by atoms with E-state index in [9.17, 15) is 0 Å². The van der Waals surface area contributed by atoms with E-state index in [1.165, 1.54) is 0 Å². The highest BCUT2D eigenvalue weighted by atomic mass is 16.3. The van der Waals surface area contributed by atoms with Gasteiger partial charge in [-0.25, -0.2) is 4.98 Å². The lowest BCUT2D eigenvalue weighted by Gasteiger charge is -2.02. The molecule has 0 aliphatic heterocycles. The SMILES string of the molecule is NCc1cnc(NCCO)cn1. The number of aliphatic hydroxyl groups excluding tert-OH is 1. The highest BCUT2D eigenvalue weighted by molar-refractivity contribution is 5.30. The number of nitrogens with zero attached hydrogens (tertiary/aromatic N) is 2. The van der Waals surface area contributed by atoms with Crippen LogP contribution in [0, 0.1) is 0 Å². The predicted octanol–water partition coefficient (Wildman–Crippen LogP) is -0.661. The monoisotopic (exact) mass is 168 g/mol. The van der Waals surface area contributed by atoms with Crippen molar-refractivity contribution in [3.8, 4) is 0 Å². The maximum atomic E-state index is 8.50. The first-order chi connectivity index (χ1) is 5.86. The first kappa shape index (κ1) is 8.89. The van der Waals surface area contributed by atoms with Gasteiger partial charge in [0.25, 0.3) is 0 Å². The zero-order valence-corrected chi connectivity index (χ0v) is 6.70. The van der Waals surface area contributed by atoms with Gasteiger partial charge in [0, 0.05) is 13.1 Å². The van der Waals surface area contributed by atoms with Crippen molar-refractivity contribution in [1.82, 2.24) is 9.97 Å². The van der Waals surface area contributed by atoms with Crippen molar-refractivity contribution in [3.63, 3.8) is 0 Å². The molecule has 1 aromatic rings. The second-order valence-electron chi connectivity index (χ2n) is 2.25. The van der Waals surface area contributed by atoms with Gasteiger partial charge in [-0.3, -0.25) is 4.98 Å². The van der Waals surface area contributed by atoms with Gasteiger partial charge in [0.15, 0.2) is 0 Å². The Morgan fingerprint density at radius 3 is 2.75 bits per heavy atom. The highest BCUT2D eigenvalue weighted by Crippen LogP contribution is 1.98. The molecule has 0 radical (unpaired) electrons. The van der Waals surface area contributed by atoms with Crippen molar-refractivity contribution >= 4 is 5.82 Å². The minimum Gasteiger partial charge on any atom is -0.395 e. The molecule has 0 fully saturated rings. The molecule has 0 aliphatic rings. The second kappa shape index (κ2) is 4.63. The van der Waals surface area contributed by atoms with E-state index in [2.05, 4.69) is 15.3 Å². The molecule has 12 heavy (non-hydrogen) atoms. The molecule has 1 heterocycles. The Labute approximate surface area is 70.6 Å². The quantitative estimate of drug-likeness (QED) is 0.555. The normalized spacial score (nSPS) is 9.83. The van der Waals surface area contributed by atoms with Gasteiger partial charge < -0.3 is 16.2 Å². The lowest BCUT2D eigenvalue weighted by molar-refractivity contribution is 0.311. The van der Waals surface area contributed by atoms with E-state index in [1.54, 1.807) is 12.4 Å². The van der Waals surface area contributed by atoms with E-state index < -0.39 is 0 Å². The number of rotatable bonds is 4. The summed E-state index contributed by atoms with van der Waals surface area (Å²) in [7, 11) is 0. The summed E-state index contributed by atoms with van der Waals surface area (Å²) in [4.78, 5) is 8.04. The molecule has 0 saturated heterocycles. The van der Waals surface area contributed by atoms with Crippen LogP contribution >= 0.6 is 0 Å². The van der Waals surface area contributed by atoms with Crippen LogP contribution in [0.3, 0.4) is 0 Å². The van der Waals surface area contributed by atoms with Gasteiger partial charge in [0.05, 0.1) is 24.7 Å². The molecule has 0 unspecified atom stereocenters. The Morgan fingerprint density at radius 1 is 1.42 bits per heavy atom. The van der Waals surface area contributed by atoms with Gasteiger partial charge >= 0.3 is 0 Å². The fourth-order valence-electron chi connectivity index (χ4n) is 0.735. The van der Waals surface area contributed by atoms with E-state index >= 15 is 0 Å². The van der Waals surface area contributed by atoms with Crippen LogP contribution in [0.15, 0.2) is 12.4 Å². The summed E-state index contributed by atoms with van der Waals surface area (Å²) in [6, 6.07) is 0. The molecule has 0 bridgehead atoms. The molecule has 0 saturated carbocycles. The molecule has 0 aromatic carbocycles. The summed E-state index contributed by atoms with van der Waals surface area (Å²) in [5.41, 5.74) is 6.09. The zero-order valence-electron chi connectivity index (χ0n) is 6.70. The van der Waals surface area contributed by atoms with E-state index in [4.69, 9.17) is 10.8 Å². The average Bonchev–Trinajstić information content (AvgIpc) is 2.15. The lowest BCUT2D eigenvalue weighted by atomic mass is 10.4. The van der Waals surface area contributed by atoms with Gasteiger partial charge in [-0.2, -0.15) is 0 Å². The Morgan fingerprint density at radius 2 is 2.25 bits per heavy atom. The fraction of sp³-hybridized carbons (Fsp3) is 0.429. The Kier molecular flexibility index (Phi) is 3.43. The van der Waals surface area contributed by atoms with Gasteiger partial charge in [0.1, 0.15) is 5.82 Å². The molecular formula is C7H12N4O. The van der Waals surface area contributed by atoms with Crippen molar-refractivity contribution in [2.75, 3.05) is 18.5 Å². The molecule has 5 nitrogen and oxygen atoms in total. The van der Waals surface area contributed by atoms with Gasteiger partial charge in [-0.15, -0.1) is 0 Å². The predicted molar refractivity (Wildman–Crippen MR) is 45.5 cm³/mol. The van der Waals surface area contributed by atoms with Crippen LogP contribution in [0.1, 0.15) is 5.69 Å². The summed E-state index contributed by atoms with van der Waals surface area (Å²) >= 11 is 0.